The molecular formula is C32H49NO9. The molecule has 2 rings (SSSR count). The summed E-state index contributed by atoms with van der Waals surface area (Å²) in [4.78, 5) is 49.9. The molecule has 0 spiro atoms. The Morgan fingerprint density at radius 1 is 0.810 bits per heavy atom. The molecule has 1 saturated carbocycles. The summed E-state index contributed by atoms with van der Waals surface area (Å²) in [5.74, 6) is -1.07. The highest BCUT2D eigenvalue weighted by atomic mass is 16.7. The van der Waals surface area contributed by atoms with Gasteiger partial charge in [-0.05, 0) is 75.5 Å². The molecule has 1 aromatic carbocycles. The van der Waals surface area contributed by atoms with Gasteiger partial charge in [-0.25, -0.2) is 4.79 Å². The molecular weight excluding hydrogens is 542 g/mol. The summed E-state index contributed by atoms with van der Waals surface area (Å²) in [7, 11) is 0. The first-order valence-corrected chi connectivity index (χ1v) is 15.3. The monoisotopic (exact) mass is 591 g/mol. The molecule has 10 heteroatoms. The number of rotatable bonds is 15. The number of ether oxygens (including phenoxy) is 5. The van der Waals surface area contributed by atoms with Crippen LogP contribution < -0.4 is 15.2 Å². The van der Waals surface area contributed by atoms with Crippen molar-refractivity contribution in [2.75, 3.05) is 0 Å². The smallest absolute Gasteiger partial charge is 0.458 e. The first-order chi connectivity index (χ1) is 19.9. The maximum atomic E-state index is 12.8. The molecule has 0 aliphatic heterocycles. The number of esters is 3. The predicted molar refractivity (Wildman–Crippen MR) is 157 cm³/mol. The number of nitrogens with two attached hydrogens (primary N) is 1. The summed E-state index contributed by atoms with van der Waals surface area (Å²) in [6.07, 6.45) is 4.56. The van der Waals surface area contributed by atoms with Crippen molar-refractivity contribution in [1.82, 2.24) is 0 Å². The maximum absolute atomic E-state index is 12.8. The van der Waals surface area contributed by atoms with E-state index in [1.165, 1.54) is 6.07 Å². The lowest BCUT2D eigenvalue weighted by Crippen LogP contribution is -2.39. The second-order valence-corrected chi connectivity index (χ2v) is 11.6. The Balaban J connectivity index is 2.01. The predicted octanol–water partition coefficient (Wildman–Crippen LogP) is 6.05. The zero-order valence-corrected chi connectivity index (χ0v) is 26.0. The van der Waals surface area contributed by atoms with Crippen LogP contribution in [0.2, 0.25) is 0 Å². The highest BCUT2D eigenvalue weighted by molar-refractivity contribution is 5.77. The van der Waals surface area contributed by atoms with Crippen molar-refractivity contribution < 1.29 is 42.9 Å². The fraction of sp³-hybridized carbons (Fsp3) is 0.688. The molecule has 0 saturated heterocycles. The van der Waals surface area contributed by atoms with Gasteiger partial charge in [0.05, 0.1) is 0 Å². The van der Waals surface area contributed by atoms with Crippen molar-refractivity contribution in [3.8, 4) is 11.5 Å². The third kappa shape index (κ3) is 12.4. The number of carbonyl (C=O) groups excluding carboxylic acids is 4. The highest BCUT2D eigenvalue weighted by Crippen LogP contribution is 2.31. The van der Waals surface area contributed by atoms with Crippen LogP contribution >= 0.6 is 0 Å². The van der Waals surface area contributed by atoms with Crippen LogP contribution in [-0.4, -0.2) is 48.4 Å². The van der Waals surface area contributed by atoms with Gasteiger partial charge in [0, 0.05) is 12.8 Å². The van der Waals surface area contributed by atoms with Gasteiger partial charge in [0.2, 0.25) is 0 Å². The molecule has 5 atom stereocenters. The Labute approximate surface area is 249 Å². The van der Waals surface area contributed by atoms with E-state index in [1.54, 1.807) is 26.0 Å². The van der Waals surface area contributed by atoms with Crippen LogP contribution in [0, 0.1) is 11.8 Å². The van der Waals surface area contributed by atoms with Gasteiger partial charge in [0.1, 0.15) is 24.4 Å². The van der Waals surface area contributed by atoms with E-state index in [-0.39, 0.29) is 48.7 Å². The Kier molecular flexibility index (Phi) is 14.8. The van der Waals surface area contributed by atoms with Gasteiger partial charge in [0.25, 0.3) is 0 Å². The maximum Gasteiger partial charge on any atom is 0.508 e. The van der Waals surface area contributed by atoms with Crippen molar-refractivity contribution in [3.05, 3.63) is 23.8 Å². The standard InChI is InChI=1S/C32H49NO9/c1-7-20(3)16-29(34)41-27-15-14-24(19-28(27)42-30(35)17-21(4)8-2)18-26(33)31(36)38-22(5)23(6)39-32(37)40-25-12-10-9-11-13-25/h14-15,19-23,25-26H,7-13,16-18,33H2,1-6H3/t20?,21?,22-,23-,26-/m0/s1. The number of carbonyl (C=O) groups is 4. The van der Waals surface area contributed by atoms with Gasteiger partial charge in [-0.1, -0.05) is 53.0 Å². The minimum atomic E-state index is -1.05. The van der Waals surface area contributed by atoms with Gasteiger partial charge in [0.15, 0.2) is 11.5 Å². The summed E-state index contributed by atoms with van der Waals surface area (Å²) in [6, 6.07) is 3.69. The van der Waals surface area contributed by atoms with Crippen LogP contribution in [0.15, 0.2) is 18.2 Å². The van der Waals surface area contributed by atoms with E-state index in [0.29, 0.717) is 5.56 Å². The van der Waals surface area contributed by atoms with Gasteiger partial charge in [-0.2, -0.15) is 0 Å². The number of hydrogen-bond acceptors (Lipinski definition) is 10. The van der Waals surface area contributed by atoms with Crippen LogP contribution in [0.5, 0.6) is 11.5 Å². The quantitative estimate of drug-likeness (QED) is 0.189. The van der Waals surface area contributed by atoms with Crippen molar-refractivity contribution in [1.29, 1.82) is 0 Å². The first kappa shape index (κ1) is 35.1. The van der Waals surface area contributed by atoms with Crippen molar-refractivity contribution in [2.45, 2.75) is 130 Å². The molecule has 2 N–H and O–H groups in total. The molecule has 10 nitrogen and oxygen atoms in total. The average molecular weight is 592 g/mol. The fourth-order valence-electron chi connectivity index (χ4n) is 4.33. The van der Waals surface area contributed by atoms with Gasteiger partial charge >= 0.3 is 24.1 Å². The summed E-state index contributed by atoms with van der Waals surface area (Å²) in [5.41, 5.74) is 6.73. The van der Waals surface area contributed by atoms with E-state index < -0.39 is 42.3 Å². The Hall–Kier alpha value is -3.14. The lowest BCUT2D eigenvalue weighted by molar-refractivity contribution is -0.156. The van der Waals surface area contributed by atoms with Crippen LogP contribution in [0.1, 0.15) is 105 Å². The summed E-state index contributed by atoms with van der Waals surface area (Å²) in [5, 5.41) is 0. The minimum absolute atomic E-state index is 0.0710. The minimum Gasteiger partial charge on any atom is -0.458 e. The normalized spacial score (nSPS) is 17.2. The molecule has 1 aromatic rings. The fourth-order valence-corrected chi connectivity index (χ4v) is 4.33. The molecule has 0 bridgehead atoms. The van der Waals surface area contributed by atoms with E-state index in [1.807, 2.05) is 27.7 Å². The summed E-state index contributed by atoms with van der Waals surface area (Å²) >= 11 is 0. The van der Waals surface area contributed by atoms with E-state index in [2.05, 4.69) is 0 Å². The second kappa shape index (κ2) is 17.7. The molecule has 1 fully saturated rings. The summed E-state index contributed by atoms with van der Waals surface area (Å²) in [6.45, 7) is 11.1. The molecule has 1 aliphatic rings. The third-order valence-corrected chi connectivity index (χ3v) is 7.70. The van der Waals surface area contributed by atoms with Crippen molar-refractivity contribution >= 4 is 24.1 Å². The first-order valence-electron chi connectivity index (χ1n) is 15.3. The van der Waals surface area contributed by atoms with E-state index in [9.17, 15) is 19.2 Å². The van der Waals surface area contributed by atoms with Crippen LogP contribution in [-0.2, 0) is 35.0 Å². The Bertz CT molecular complexity index is 1040. The zero-order valence-electron chi connectivity index (χ0n) is 26.0. The highest BCUT2D eigenvalue weighted by Gasteiger charge is 2.27. The molecule has 0 aromatic heterocycles. The van der Waals surface area contributed by atoms with Gasteiger partial charge < -0.3 is 29.4 Å². The lowest BCUT2D eigenvalue weighted by atomic mass is 9.98. The molecule has 0 amide bonds. The molecule has 0 radical (unpaired) electrons. The zero-order chi connectivity index (χ0) is 31.2. The second-order valence-electron chi connectivity index (χ2n) is 11.6. The molecule has 0 heterocycles. The van der Waals surface area contributed by atoms with E-state index in [0.717, 1.165) is 44.9 Å². The SMILES string of the molecule is CCC(C)CC(=O)Oc1ccc(C[C@H](N)C(=O)O[C@@H](C)[C@H](C)OC(=O)OC2CCCCC2)cc1OC(=O)CC(C)CC. The number of hydrogen-bond donors (Lipinski definition) is 1. The molecule has 1 aliphatic carbocycles. The van der Waals surface area contributed by atoms with Crippen LogP contribution in [0.25, 0.3) is 0 Å². The molecule has 236 valence electrons. The van der Waals surface area contributed by atoms with Crippen LogP contribution in [0.3, 0.4) is 0 Å². The number of benzene rings is 1. The van der Waals surface area contributed by atoms with E-state index in [4.69, 9.17) is 29.4 Å². The van der Waals surface area contributed by atoms with Crippen LogP contribution in [0.4, 0.5) is 4.79 Å². The molecule has 2 unspecified atom stereocenters. The topological polar surface area (TPSA) is 140 Å². The van der Waals surface area contributed by atoms with Gasteiger partial charge in [-0.15, -0.1) is 0 Å². The third-order valence-electron chi connectivity index (χ3n) is 7.70. The van der Waals surface area contributed by atoms with E-state index >= 15 is 0 Å². The van der Waals surface area contributed by atoms with Crippen molar-refractivity contribution in [3.63, 3.8) is 0 Å². The van der Waals surface area contributed by atoms with Crippen molar-refractivity contribution in [2.24, 2.45) is 17.6 Å². The summed E-state index contributed by atoms with van der Waals surface area (Å²) < 4.78 is 27.3. The Morgan fingerprint density at radius 2 is 1.36 bits per heavy atom. The Morgan fingerprint density at radius 3 is 1.93 bits per heavy atom. The molecule has 42 heavy (non-hydrogen) atoms. The lowest BCUT2D eigenvalue weighted by Gasteiger charge is -2.25. The average Bonchev–Trinajstić information content (AvgIpc) is 2.94. The largest absolute Gasteiger partial charge is 0.508 e. The van der Waals surface area contributed by atoms with Gasteiger partial charge in [-0.3, -0.25) is 14.4 Å².